The van der Waals surface area contributed by atoms with Gasteiger partial charge in [0.2, 0.25) is 0 Å². The molecular formula is C13H25N3O5. The summed E-state index contributed by atoms with van der Waals surface area (Å²) in [5, 5.41) is 35.2. The van der Waals surface area contributed by atoms with Gasteiger partial charge in [-0.05, 0) is 13.0 Å². The Bertz CT molecular complexity index is 353. The molecule has 0 aliphatic carbocycles. The molecule has 1 saturated heterocycles. The van der Waals surface area contributed by atoms with E-state index in [1.54, 1.807) is 0 Å². The van der Waals surface area contributed by atoms with E-state index in [0.29, 0.717) is 24.9 Å². The predicted molar refractivity (Wildman–Crippen MR) is 75.9 cm³/mol. The van der Waals surface area contributed by atoms with Crippen LogP contribution in [0.1, 0.15) is 19.8 Å². The summed E-state index contributed by atoms with van der Waals surface area (Å²) in [7, 11) is 0. The maximum atomic E-state index is 10.8. The molecule has 21 heavy (non-hydrogen) atoms. The van der Waals surface area contributed by atoms with E-state index in [1.165, 1.54) is 6.20 Å². The van der Waals surface area contributed by atoms with E-state index in [2.05, 4.69) is 17.6 Å². The lowest BCUT2D eigenvalue weighted by atomic mass is 9.98. The maximum absolute atomic E-state index is 10.8. The van der Waals surface area contributed by atoms with Gasteiger partial charge in [0, 0.05) is 24.9 Å². The van der Waals surface area contributed by atoms with E-state index in [-0.39, 0.29) is 0 Å². The third kappa shape index (κ3) is 4.94. The third-order valence-corrected chi connectivity index (χ3v) is 3.31. The summed E-state index contributed by atoms with van der Waals surface area (Å²) in [5.74, 6) is 0. The maximum Gasteiger partial charge on any atom is 0.157 e. The van der Waals surface area contributed by atoms with Crippen molar-refractivity contribution in [1.29, 1.82) is 0 Å². The van der Waals surface area contributed by atoms with E-state index in [9.17, 15) is 20.1 Å². The smallest absolute Gasteiger partial charge is 0.157 e. The third-order valence-electron chi connectivity index (χ3n) is 3.31. The van der Waals surface area contributed by atoms with Crippen molar-refractivity contribution in [2.45, 2.75) is 50.4 Å². The number of hydrogen-bond donors (Lipinski definition) is 6. The minimum Gasteiger partial charge on any atom is -0.403 e. The standard InChI is InChI=1S/C13H25N3O5/c1-2-4-15-5-3-8(6-14)16-13-12(20)11(19)10(18)9(7-17)21-13/h6-7,9-13,15-16,18-20H,2-5,14H2,1H3/b8-6-. The van der Waals surface area contributed by atoms with Crippen LogP contribution < -0.4 is 16.4 Å². The van der Waals surface area contributed by atoms with Gasteiger partial charge in [0.1, 0.15) is 24.4 Å². The predicted octanol–water partition coefficient (Wildman–Crippen LogP) is -2.23. The molecule has 0 spiro atoms. The zero-order valence-corrected chi connectivity index (χ0v) is 12.1. The number of nitrogens with one attached hydrogen (secondary N) is 2. The number of aliphatic hydroxyl groups is 3. The average Bonchev–Trinajstić information content (AvgIpc) is 2.50. The Balaban J connectivity index is 2.56. The largest absolute Gasteiger partial charge is 0.403 e. The SMILES string of the molecule is CCCNCC/C(=C/N)NC1OC(C=O)C(O)C(O)C1O. The Labute approximate surface area is 124 Å². The Morgan fingerprint density at radius 1 is 1.24 bits per heavy atom. The lowest BCUT2D eigenvalue weighted by Gasteiger charge is -2.39. The average molecular weight is 303 g/mol. The first kappa shape index (κ1) is 17.9. The molecule has 1 aliphatic rings. The molecule has 0 aromatic heterocycles. The minimum atomic E-state index is -1.47. The molecule has 5 atom stereocenters. The number of carbonyl (C=O) groups excluding carboxylic acids is 1. The van der Waals surface area contributed by atoms with Crippen LogP contribution in [-0.2, 0) is 9.53 Å². The van der Waals surface area contributed by atoms with Crippen molar-refractivity contribution in [2.75, 3.05) is 13.1 Å². The van der Waals surface area contributed by atoms with Crippen LogP contribution in [0.5, 0.6) is 0 Å². The van der Waals surface area contributed by atoms with Crippen LogP contribution in [0.15, 0.2) is 11.9 Å². The molecule has 1 fully saturated rings. The van der Waals surface area contributed by atoms with Gasteiger partial charge in [0.25, 0.3) is 0 Å². The van der Waals surface area contributed by atoms with Crippen LogP contribution in [-0.4, -0.2) is 65.3 Å². The van der Waals surface area contributed by atoms with Crippen LogP contribution in [0.4, 0.5) is 0 Å². The Hall–Kier alpha value is -1.19. The normalized spacial score (nSPS) is 33.7. The van der Waals surface area contributed by atoms with E-state index in [0.717, 1.165) is 13.0 Å². The van der Waals surface area contributed by atoms with Crippen molar-refractivity contribution in [3.63, 3.8) is 0 Å². The minimum absolute atomic E-state index is 0.392. The highest BCUT2D eigenvalue weighted by Crippen LogP contribution is 2.19. The fourth-order valence-corrected chi connectivity index (χ4v) is 2.05. The zero-order chi connectivity index (χ0) is 15.8. The number of hydrogen-bond acceptors (Lipinski definition) is 8. The molecule has 1 aliphatic heterocycles. The molecule has 1 rings (SSSR count). The summed E-state index contributed by atoms with van der Waals surface area (Å²) in [6.45, 7) is 3.64. The second kappa shape index (κ2) is 8.96. The molecule has 5 unspecified atom stereocenters. The van der Waals surface area contributed by atoms with Crippen molar-refractivity contribution >= 4 is 6.29 Å². The van der Waals surface area contributed by atoms with Crippen molar-refractivity contribution in [3.05, 3.63) is 11.9 Å². The first-order valence-corrected chi connectivity index (χ1v) is 7.08. The van der Waals surface area contributed by atoms with Crippen LogP contribution in [0.2, 0.25) is 0 Å². The molecule has 0 aromatic carbocycles. The van der Waals surface area contributed by atoms with Gasteiger partial charge in [0.05, 0.1) is 0 Å². The molecule has 0 saturated carbocycles. The van der Waals surface area contributed by atoms with Crippen molar-refractivity contribution in [3.8, 4) is 0 Å². The fourth-order valence-electron chi connectivity index (χ4n) is 2.05. The quantitative estimate of drug-likeness (QED) is 0.219. The van der Waals surface area contributed by atoms with Crippen molar-refractivity contribution in [1.82, 2.24) is 10.6 Å². The fraction of sp³-hybridized carbons (Fsp3) is 0.769. The van der Waals surface area contributed by atoms with Crippen LogP contribution in [0.3, 0.4) is 0 Å². The summed E-state index contributed by atoms with van der Waals surface area (Å²) in [4.78, 5) is 10.8. The topological polar surface area (TPSA) is 137 Å². The van der Waals surface area contributed by atoms with E-state index in [1.807, 2.05) is 0 Å². The number of aldehydes is 1. The van der Waals surface area contributed by atoms with Gasteiger partial charge < -0.3 is 41.2 Å². The van der Waals surface area contributed by atoms with E-state index >= 15 is 0 Å². The van der Waals surface area contributed by atoms with Gasteiger partial charge in [-0.1, -0.05) is 6.92 Å². The van der Waals surface area contributed by atoms with Crippen molar-refractivity contribution in [2.24, 2.45) is 5.73 Å². The Kier molecular flexibility index (Phi) is 7.62. The number of nitrogens with two attached hydrogens (primary N) is 1. The molecule has 0 aromatic rings. The van der Waals surface area contributed by atoms with Gasteiger partial charge >= 0.3 is 0 Å². The molecule has 0 amide bonds. The Morgan fingerprint density at radius 2 is 1.95 bits per heavy atom. The Morgan fingerprint density at radius 3 is 2.52 bits per heavy atom. The lowest BCUT2D eigenvalue weighted by molar-refractivity contribution is -0.220. The van der Waals surface area contributed by atoms with Crippen LogP contribution in [0.25, 0.3) is 0 Å². The molecular weight excluding hydrogens is 278 g/mol. The zero-order valence-electron chi connectivity index (χ0n) is 12.1. The highest BCUT2D eigenvalue weighted by atomic mass is 16.5. The lowest BCUT2D eigenvalue weighted by Crippen LogP contribution is -2.61. The van der Waals surface area contributed by atoms with Gasteiger partial charge in [0.15, 0.2) is 12.5 Å². The first-order chi connectivity index (χ1) is 10.0. The van der Waals surface area contributed by atoms with Crippen molar-refractivity contribution < 1.29 is 24.9 Å². The molecule has 1 heterocycles. The summed E-state index contributed by atoms with van der Waals surface area (Å²) in [6, 6.07) is 0. The number of ether oxygens (including phenoxy) is 1. The number of carbonyl (C=O) groups is 1. The summed E-state index contributed by atoms with van der Waals surface area (Å²) < 4.78 is 5.23. The summed E-state index contributed by atoms with van der Waals surface area (Å²) >= 11 is 0. The van der Waals surface area contributed by atoms with E-state index < -0.39 is 30.6 Å². The second-order valence-corrected chi connectivity index (χ2v) is 4.97. The molecule has 0 radical (unpaired) electrons. The summed E-state index contributed by atoms with van der Waals surface area (Å²) in [5.41, 5.74) is 6.12. The number of rotatable bonds is 8. The highest BCUT2D eigenvalue weighted by molar-refractivity contribution is 5.57. The highest BCUT2D eigenvalue weighted by Gasteiger charge is 2.43. The molecule has 0 bridgehead atoms. The molecule has 8 nitrogen and oxygen atoms in total. The van der Waals surface area contributed by atoms with Crippen LogP contribution in [0, 0.1) is 0 Å². The van der Waals surface area contributed by atoms with Gasteiger partial charge in [-0.25, -0.2) is 0 Å². The molecule has 122 valence electrons. The monoisotopic (exact) mass is 303 g/mol. The molecule has 8 heteroatoms. The van der Waals surface area contributed by atoms with Gasteiger partial charge in [-0.15, -0.1) is 0 Å². The molecule has 7 N–H and O–H groups in total. The van der Waals surface area contributed by atoms with E-state index in [4.69, 9.17) is 10.5 Å². The first-order valence-electron chi connectivity index (χ1n) is 7.08. The van der Waals surface area contributed by atoms with Crippen LogP contribution >= 0.6 is 0 Å². The second-order valence-electron chi connectivity index (χ2n) is 4.97. The van der Waals surface area contributed by atoms with Gasteiger partial charge in [-0.2, -0.15) is 0 Å². The number of aliphatic hydroxyl groups excluding tert-OH is 3. The van der Waals surface area contributed by atoms with Gasteiger partial charge in [-0.3, -0.25) is 0 Å². The summed E-state index contributed by atoms with van der Waals surface area (Å²) in [6.07, 6.45) is -3.17.